The molecule has 3 aromatic rings. The highest BCUT2D eigenvalue weighted by atomic mass is 35.6. The van der Waals surface area contributed by atoms with Crippen LogP contribution >= 0.6 is 34.8 Å². The molecular weight excluding hydrogens is 471 g/mol. The molecule has 1 aliphatic rings. The van der Waals surface area contributed by atoms with E-state index in [0.717, 1.165) is 11.1 Å². The summed E-state index contributed by atoms with van der Waals surface area (Å²) in [6.45, 7) is 3.91. The van der Waals surface area contributed by atoms with Gasteiger partial charge < -0.3 is 0 Å². The lowest BCUT2D eigenvalue weighted by atomic mass is 9.75. The van der Waals surface area contributed by atoms with Crippen LogP contribution in [0.15, 0.2) is 78.9 Å². The second-order valence-electron chi connectivity index (χ2n) is 7.93. The number of hydroxylamine groups is 1. The molecule has 1 fully saturated rings. The predicted molar refractivity (Wildman–Crippen MR) is 128 cm³/mol. The first-order valence-electron chi connectivity index (χ1n) is 10.0. The van der Waals surface area contributed by atoms with E-state index in [0.29, 0.717) is 16.8 Å². The van der Waals surface area contributed by atoms with E-state index in [-0.39, 0.29) is 0 Å². The van der Waals surface area contributed by atoms with Crippen molar-refractivity contribution in [2.24, 2.45) is 0 Å². The molecule has 5 nitrogen and oxygen atoms in total. The molecule has 0 bridgehead atoms. The third-order valence-corrected chi connectivity index (χ3v) is 6.42. The molecule has 2 atom stereocenters. The lowest BCUT2D eigenvalue weighted by Gasteiger charge is -2.38. The second kappa shape index (κ2) is 8.56. The normalized spacial score (nSPS) is 20.3. The van der Waals surface area contributed by atoms with Crippen molar-refractivity contribution in [2.75, 3.05) is 5.06 Å². The molecule has 166 valence electrons. The van der Waals surface area contributed by atoms with Crippen LogP contribution in [-0.4, -0.2) is 20.9 Å². The van der Waals surface area contributed by atoms with Gasteiger partial charge in [-0.3, -0.25) is 15.0 Å². The molecule has 8 heteroatoms. The van der Waals surface area contributed by atoms with Crippen molar-refractivity contribution in [2.45, 2.75) is 35.3 Å². The Morgan fingerprint density at radius 1 is 0.875 bits per heavy atom. The topological polar surface area (TPSA) is 55.6 Å². The van der Waals surface area contributed by atoms with Crippen molar-refractivity contribution in [3.05, 3.63) is 111 Å². The van der Waals surface area contributed by atoms with Crippen molar-refractivity contribution in [3.8, 4) is 0 Å². The third-order valence-electron chi connectivity index (χ3n) is 5.78. The van der Waals surface area contributed by atoms with Gasteiger partial charge in [-0.1, -0.05) is 113 Å². The first-order valence-corrected chi connectivity index (χ1v) is 11.2. The van der Waals surface area contributed by atoms with E-state index in [2.05, 4.69) is 0 Å². The molecule has 1 heterocycles. The Hall–Kier alpha value is -2.31. The van der Waals surface area contributed by atoms with Crippen molar-refractivity contribution in [1.82, 2.24) is 0 Å². The van der Waals surface area contributed by atoms with Gasteiger partial charge in [-0.15, -0.1) is 0 Å². The van der Waals surface area contributed by atoms with Gasteiger partial charge in [-0.05, 0) is 37.1 Å². The summed E-state index contributed by atoms with van der Waals surface area (Å²) in [5.74, 6) is 0. The minimum Gasteiger partial charge on any atom is -0.264 e. The van der Waals surface area contributed by atoms with E-state index >= 15 is 0 Å². The monoisotopic (exact) mass is 490 g/mol. The number of hydrogen-bond donors (Lipinski definition) is 0. The molecule has 0 aliphatic carbocycles. The van der Waals surface area contributed by atoms with Gasteiger partial charge in [0.15, 0.2) is 5.54 Å². The summed E-state index contributed by atoms with van der Waals surface area (Å²) in [4.78, 5) is 18.4. The van der Waals surface area contributed by atoms with Gasteiger partial charge in [-0.25, -0.2) is 5.06 Å². The zero-order valence-electron chi connectivity index (χ0n) is 17.4. The number of halogens is 3. The fourth-order valence-corrected chi connectivity index (χ4v) is 4.76. The summed E-state index contributed by atoms with van der Waals surface area (Å²) in [7, 11) is 0. The summed E-state index contributed by atoms with van der Waals surface area (Å²) in [5.41, 5.74) is 2.59. The van der Waals surface area contributed by atoms with Crippen LogP contribution in [0.25, 0.3) is 0 Å². The molecule has 32 heavy (non-hydrogen) atoms. The van der Waals surface area contributed by atoms with Crippen LogP contribution in [0, 0.1) is 24.0 Å². The van der Waals surface area contributed by atoms with Crippen LogP contribution in [0.5, 0.6) is 0 Å². The Morgan fingerprint density at radius 3 is 1.75 bits per heavy atom. The number of hydrogen-bond acceptors (Lipinski definition) is 4. The zero-order chi connectivity index (χ0) is 23.1. The fourth-order valence-electron chi connectivity index (χ4n) is 4.28. The van der Waals surface area contributed by atoms with Crippen LogP contribution in [0.4, 0.5) is 5.69 Å². The van der Waals surface area contributed by atoms with Gasteiger partial charge >= 0.3 is 0 Å². The number of aryl methyl sites for hydroxylation is 2. The maximum atomic E-state index is 12.7. The highest BCUT2D eigenvalue weighted by Crippen LogP contribution is 2.54. The average Bonchev–Trinajstić information content (AvgIpc) is 3.13. The lowest BCUT2D eigenvalue weighted by Crippen LogP contribution is -2.54. The van der Waals surface area contributed by atoms with Gasteiger partial charge in [0.25, 0.3) is 6.04 Å². The van der Waals surface area contributed by atoms with Crippen molar-refractivity contribution < 1.29 is 9.76 Å². The quantitative estimate of drug-likeness (QED) is 0.241. The van der Waals surface area contributed by atoms with Crippen LogP contribution in [0.2, 0.25) is 0 Å². The number of para-hydroxylation sites is 1. The minimum atomic E-state index is -2.04. The van der Waals surface area contributed by atoms with E-state index in [1.807, 2.05) is 92.7 Å². The number of alkyl halides is 3. The summed E-state index contributed by atoms with van der Waals surface area (Å²) < 4.78 is -2.04. The van der Waals surface area contributed by atoms with E-state index in [1.54, 1.807) is 0 Å². The van der Waals surface area contributed by atoms with Crippen LogP contribution in [0.1, 0.15) is 22.3 Å². The predicted octanol–water partition coefficient (Wildman–Crippen LogP) is 6.38. The molecule has 4 rings (SSSR count). The van der Waals surface area contributed by atoms with Crippen LogP contribution in [0.3, 0.4) is 0 Å². The smallest absolute Gasteiger partial charge is 0.264 e. The van der Waals surface area contributed by atoms with E-state index in [9.17, 15) is 10.1 Å². The summed E-state index contributed by atoms with van der Waals surface area (Å²) in [6.07, 6.45) is -1.34. The van der Waals surface area contributed by atoms with Crippen molar-refractivity contribution in [1.29, 1.82) is 0 Å². The fraction of sp³-hybridized carbons (Fsp3) is 0.250. The molecule has 0 unspecified atom stereocenters. The van der Waals surface area contributed by atoms with E-state index < -0.39 is 26.4 Å². The molecule has 3 aromatic carbocycles. The summed E-state index contributed by atoms with van der Waals surface area (Å²) in [5, 5.41) is 14.2. The average molecular weight is 492 g/mol. The molecule has 0 radical (unpaired) electrons. The third kappa shape index (κ3) is 3.84. The Balaban J connectivity index is 2.10. The highest BCUT2D eigenvalue weighted by Gasteiger charge is 2.69. The number of nitro groups is 1. The Kier molecular flexibility index (Phi) is 6.12. The van der Waals surface area contributed by atoms with Gasteiger partial charge in [0.05, 0.1) is 5.69 Å². The maximum absolute atomic E-state index is 12.7. The number of nitrogens with zero attached hydrogens (tertiary/aromatic N) is 2. The van der Waals surface area contributed by atoms with Gasteiger partial charge in [0.1, 0.15) is 0 Å². The minimum absolute atomic E-state index is 0.408. The van der Waals surface area contributed by atoms with Gasteiger partial charge in [0, 0.05) is 4.92 Å². The number of anilines is 1. The van der Waals surface area contributed by atoms with E-state index in [1.165, 1.54) is 5.06 Å². The molecule has 0 aromatic heterocycles. The molecular formula is C24H21Cl3N2O3. The molecule has 0 N–H and O–H groups in total. The van der Waals surface area contributed by atoms with Crippen molar-refractivity contribution in [3.63, 3.8) is 0 Å². The maximum Gasteiger partial charge on any atom is 0.279 e. The first kappa shape index (κ1) is 22.9. The molecule has 1 saturated heterocycles. The van der Waals surface area contributed by atoms with Gasteiger partial charge in [0.2, 0.25) is 9.90 Å². The van der Waals surface area contributed by atoms with Crippen molar-refractivity contribution >= 4 is 40.5 Å². The Bertz CT molecular complexity index is 1050. The SMILES string of the molecule is Cc1ccc(C2(c3ccc(C)cc3)[C@@H]([N+](=O)[O-])[C@H](C(Cl)(Cl)Cl)ON2c2ccccc2)cc1. The Labute approximate surface area is 201 Å². The zero-order valence-corrected chi connectivity index (χ0v) is 19.7. The van der Waals surface area contributed by atoms with Gasteiger partial charge in [-0.2, -0.15) is 0 Å². The number of benzene rings is 3. The molecule has 0 spiro atoms. The highest BCUT2D eigenvalue weighted by molar-refractivity contribution is 6.68. The van der Waals surface area contributed by atoms with Crippen LogP contribution in [-0.2, 0) is 10.4 Å². The first-order chi connectivity index (χ1) is 15.2. The summed E-state index contributed by atoms with van der Waals surface area (Å²) in [6, 6.07) is 22.8. The summed E-state index contributed by atoms with van der Waals surface area (Å²) >= 11 is 18.8. The molecule has 0 amide bonds. The van der Waals surface area contributed by atoms with Crippen LogP contribution < -0.4 is 5.06 Å². The second-order valence-corrected chi connectivity index (χ2v) is 10.3. The molecule has 1 aliphatic heterocycles. The Morgan fingerprint density at radius 2 is 1.34 bits per heavy atom. The molecule has 0 saturated carbocycles. The van der Waals surface area contributed by atoms with E-state index in [4.69, 9.17) is 39.6 Å². The largest absolute Gasteiger partial charge is 0.279 e. The lowest BCUT2D eigenvalue weighted by molar-refractivity contribution is -0.534. The number of rotatable bonds is 4. The standard InChI is InChI=1S/C24H21Cl3N2O3/c1-16-8-12-18(13-9-16)23(19-14-10-17(2)11-15-19)21(29(30)31)22(24(25,26)27)32-28(23)20-6-4-3-5-7-20/h3-15,21-22H,1-2H3/t21-,22+/m0/s1.